The van der Waals surface area contributed by atoms with Gasteiger partial charge in [0.2, 0.25) is 0 Å². The molecule has 1 amide bonds. The Kier molecular flexibility index (Phi) is 4.16. The van der Waals surface area contributed by atoms with Crippen LogP contribution in [-0.2, 0) is 4.79 Å². The average molecular weight is 285 g/mol. The van der Waals surface area contributed by atoms with Crippen LogP contribution < -0.4 is 4.74 Å². The third kappa shape index (κ3) is 3.23. The van der Waals surface area contributed by atoms with Gasteiger partial charge in [0.15, 0.2) is 0 Å². The predicted octanol–water partition coefficient (Wildman–Crippen LogP) is 1.83. The second-order valence-corrected chi connectivity index (χ2v) is 4.48. The fourth-order valence-corrected chi connectivity index (χ4v) is 2.13. The second-order valence-electron chi connectivity index (χ2n) is 4.48. The normalized spacial score (nSPS) is 18.4. The predicted molar refractivity (Wildman–Crippen MR) is 64.7 cm³/mol. The van der Waals surface area contributed by atoms with Crippen LogP contribution in [0.1, 0.15) is 16.8 Å². The third-order valence-electron chi connectivity index (χ3n) is 3.13. The Bertz CT molecular complexity index is 521. The minimum absolute atomic E-state index is 0.0974. The molecule has 2 rings (SSSR count). The topological polar surface area (TPSA) is 66.8 Å². The largest absolute Gasteiger partial charge is 0.481 e. The van der Waals surface area contributed by atoms with Gasteiger partial charge in [-0.1, -0.05) is 6.07 Å². The number of benzene rings is 1. The molecule has 1 aromatic rings. The maximum absolute atomic E-state index is 12.1. The second kappa shape index (κ2) is 5.85. The summed E-state index contributed by atoms with van der Waals surface area (Å²) in [6.45, 7) is -2.48. The lowest BCUT2D eigenvalue weighted by Gasteiger charge is -2.16. The lowest BCUT2D eigenvalue weighted by molar-refractivity contribution is -0.141. The first-order valence-corrected chi connectivity index (χ1v) is 6.04. The Morgan fingerprint density at radius 2 is 2.15 bits per heavy atom. The molecule has 1 heterocycles. The van der Waals surface area contributed by atoms with Crippen molar-refractivity contribution in [3.05, 3.63) is 29.8 Å². The molecule has 1 saturated heterocycles. The SMILES string of the molecule is O=C(O)C1CCN(C(=O)c2cccc(OC(F)F)c2)C1. The van der Waals surface area contributed by atoms with Crippen molar-refractivity contribution in [1.82, 2.24) is 4.90 Å². The number of carbonyl (C=O) groups excluding carboxylic acids is 1. The molecule has 7 heteroatoms. The molecule has 0 saturated carbocycles. The number of aliphatic carboxylic acids is 1. The number of rotatable bonds is 4. The van der Waals surface area contributed by atoms with Gasteiger partial charge in [0.25, 0.3) is 5.91 Å². The minimum atomic E-state index is -2.96. The van der Waals surface area contributed by atoms with Crippen LogP contribution in [0.25, 0.3) is 0 Å². The van der Waals surface area contributed by atoms with E-state index < -0.39 is 18.5 Å². The van der Waals surface area contributed by atoms with Crippen molar-refractivity contribution in [1.29, 1.82) is 0 Å². The molecule has 0 bridgehead atoms. The number of alkyl halides is 2. The molecule has 0 radical (unpaired) electrons. The molecule has 20 heavy (non-hydrogen) atoms. The number of carboxylic acid groups (broad SMARTS) is 1. The van der Waals surface area contributed by atoms with Gasteiger partial charge >= 0.3 is 12.6 Å². The molecule has 1 atom stereocenters. The molecule has 0 aromatic heterocycles. The van der Waals surface area contributed by atoms with Gasteiger partial charge in [-0.2, -0.15) is 8.78 Å². The van der Waals surface area contributed by atoms with E-state index in [0.29, 0.717) is 13.0 Å². The van der Waals surface area contributed by atoms with E-state index >= 15 is 0 Å². The van der Waals surface area contributed by atoms with Crippen LogP contribution in [0.5, 0.6) is 5.75 Å². The summed E-state index contributed by atoms with van der Waals surface area (Å²) in [6, 6.07) is 5.47. The molecule has 1 aliphatic rings. The van der Waals surface area contributed by atoms with E-state index in [1.54, 1.807) is 0 Å². The van der Waals surface area contributed by atoms with Crippen LogP contribution in [0.15, 0.2) is 24.3 Å². The van der Waals surface area contributed by atoms with Crippen molar-refractivity contribution < 1.29 is 28.2 Å². The monoisotopic (exact) mass is 285 g/mol. The van der Waals surface area contributed by atoms with Crippen molar-refractivity contribution in [3.63, 3.8) is 0 Å². The quantitative estimate of drug-likeness (QED) is 0.916. The Morgan fingerprint density at radius 3 is 2.75 bits per heavy atom. The van der Waals surface area contributed by atoms with Crippen molar-refractivity contribution in [2.45, 2.75) is 13.0 Å². The molecule has 1 aromatic carbocycles. The summed E-state index contributed by atoms with van der Waals surface area (Å²) in [5.41, 5.74) is 0.203. The molecular weight excluding hydrogens is 272 g/mol. The van der Waals surface area contributed by atoms with E-state index in [-0.39, 0.29) is 23.8 Å². The number of hydrogen-bond donors (Lipinski definition) is 1. The van der Waals surface area contributed by atoms with Gasteiger partial charge in [-0.25, -0.2) is 0 Å². The van der Waals surface area contributed by atoms with Gasteiger partial charge in [-0.3, -0.25) is 9.59 Å². The van der Waals surface area contributed by atoms with Gasteiger partial charge in [0, 0.05) is 18.7 Å². The number of ether oxygens (including phenoxy) is 1. The lowest BCUT2D eigenvalue weighted by atomic mass is 10.1. The molecule has 0 spiro atoms. The van der Waals surface area contributed by atoms with Gasteiger partial charge in [0.1, 0.15) is 5.75 Å². The fourth-order valence-electron chi connectivity index (χ4n) is 2.13. The molecular formula is C13H13F2NO4. The number of likely N-dealkylation sites (tertiary alicyclic amines) is 1. The minimum Gasteiger partial charge on any atom is -0.481 e. The first kappa shape index (κ1) is 14.2. The highest BCUT2D eigenvalue weighted by atomic mass is 19.3. The van der Waals surface area contributed by atoms with Crippen LogP contribution in [0.2, 0.25) is 0 Å². The van der Waals surface area contributed by atoms with Gasteiger partial charge in [-0.05, 0) is 24.6 Å². The van der Waals surface area contributed by atoms with E-state index in [4.69, 9.17) is 5.11 Å². The molecule has 0 aliphatic carbocycles. The average Bonchev–Trinajstić information content (AvgIpc) is 2.87. The summed E-state index contributed by atoms with van der Waals surface area (Å²) in [4.78, 5) is 24.4. The maximum atomic E-state index is 12.1. The van der Waals surface area contributed by atoms with Crippen LogP contribution in [0.4, 0.5) is 8.78 Å². The van der Waals surface area contributed by atoms with Crippen LogP contribution in [-0.4, -0.2) is 41.6 Å². The lowest BCUT2D eigenvalue weighted by Crippen LogP contribution is -2.29. The fraction of sp³-hybridized carbons (Fsp3) is 0.385. The standard InChI is InChI=1S/C13H13F2NO4/c14-13(15)20-10-3-1-2-8(6-10)11(17)16-5-4-9(7-16)12(18)19/h1-3,6,9,13H,4-5,7H2,(H,18,19). The summed E-state index contributed by atoms with van der Waals surface area (Å²) >= 11 is 0. The van der Waals surface area contributed by atoms with E-state index in [2.05, 4.69) is 4.74 Å². The number of hydrogen-bond acceptors (Lipinski definition) is 3. The van der Waals surface area contributed by atoms with Crippen LogP contribution in [0, 0.1) is 5.92 Å². The highest BCUT2D eigenvalue weighted by Crippen LogP contribution is 2.21. The number of halogens is 2. The highest BCUT2D eigenvalue weighted by Gasteiger charge is 2.31. The molecule has 1 unspecified atom stereocenters. The summed E-state index contributed by atoms with van der Waals surface area (Å²) < 4.78 is 28.5. The summed E-state index contributed by atoms with van der Waals surface area (Å²) in [5, 5.41) is 8.89. The number of amides is 1. The van der Waals surface area contributed by atoms with E-state index in [1.807, 2.05) is 0 Å². The zero-order valence-electron chi connectivity index (χ0n) is 10.5. The smallest absolute Gasteiger partial charge is 0.387 e. The number of nitrogens with zero attached hydrogens (tertiary/aromatic N) is 1. The molecule has 108 valence electrons. The third-order valence-corrected chi connectivity index (χ3v) is 3.13. The first-order chi connectivity index (χ1) is 9.47. The van der Waals surface area contributed by atoms with E-state index in [9.17, 15) is 18.4 Å². The first-order valence-electron chi connectivity index (χ1n) is 6.04. The molecule has 1 fully saturated rings. The molecule has 1 N–H and O–H groups in total. The van der Waals surface area contributed by atoms with Crippen LogP contribution >= 0.6 is 0 Å². The van der Waals surface area contributed by atoms with E-state index in [1.165, 1.54) is 29.2 Å². The Labute approximate surface area is 113 Å². The van der Waals surface area contributed by atoms with E-state index in [0.717, 1.165) is 0 Å². The Hall–Kier alpha value is -2.18. The number of carbonyl (C=O) groups is 2. The maximum Gasteiger partial charge on any atom is 0.387 e. The zero-order chi connectivity index (χ0) is 14.7. The van der Waals surface area contributed by atoms with Crippen molar-refractivity contribution in [3.8, 4) is 5.75 Å². The molecule has 5 nitrogen and oxygen atoms in total. The van der Waals surface area contributed by atoms with Crippen molar-refractivity contribution >= 4 is 11.9 Å². The highest BCUT2D eigenvalue weighted by molar-refractivity contribution is 5.95. The van der Waals surface area contributed by atoms with Gasteiger partial charge in [0.05, 0.1) is 5.92 Å². The summed E-state index contributed by atoms with van der Waals surface area (Å²) in [6.07, 6.45) is 0.397. The number of carboxylic acids is 1. The Balaban J connectivity index is 2.08. The van der Waals surface area contributed by atoms with Gasteiger partial charge in [-0.15, -0.1) is 0 Å². The van der Waals surface area contributed by atoms with Crippen LogP contribution in [0.3, 0.4) is 0 Å². The molecule has 1 aliphatic heterocycles. The summed E-state index contributed by atoms with van der Waals surface area (Å²) in [5.74, 6) is -1.98. The van der Waals surface area contributed by atoms with Crippen molar-refractivity contribution in [2.75, 3.05) is 13.1 Å². The zero-order valence-corrected chi connectivity index (χ0v) is 10.5. The van der Waals surface area contributed by atoms with Gasteiger partial charge < -0.3 is 14.7 Å². The summed E-state index contributed by atoms with van der Waals surface area (Å²) in [7, 11) is 0. The Morgan fingerprint density at radius 1 is 1.40 bits per heavy atom. The van der Waals surface area contributed by atoms with Crippen molar-refractivity contribution in [2.24, 2.45) is 5.92 Å².